The summed E-state index contributed by atoms with van der Waals surface area (Å²) in [5, 5.41) is 0. The molecule has 0 saturated heterocycles. The van der Waals surface area contributed by atoms with Crippen LogP contribution in [0.1, 0.15) is 27.2 Å². The van der Waals surface area contributed by atoms with Crippen LogP contribution in [0.5, 0.6) is 0 Å². The fourth-order valence-electron chi connectivity index (χ4n) is 0.526. The Kier molecular flexibility index (Phi) is 6.01. The molecule has 0 rings (SSSR count). The van der Waals surface area contributed by atoms with E-state index in [-0.39, 0.29) is 17.8 Å². The van der Waals surface area contributed by atoms with E-state index >= 15 is 0 Å². The molecule has 0 aliphatic carbocycles. The number of rotatable bonds is 3. The largest absolute Gasteiger partial charge is 0.327 e. The quantitative estimate of drug-likeness (QED) is 0.636. The molecule has 0 spiro atoms. The van der Waals surface area contributed by atoms with Crippen LogP contribution in [-0.4, -0.2) is 6.54 Å². The van der Waals surface area contributed by atoms with E-state index in [0.717, 1.165) is 12.0 Å². The molecule has 2 N–H and O–H groups in total. The summed E-state index contributed by atoms with van der Waals surface area (Å²) < 4.78 is 0. The van der Waals surface area contributed by atoms with Gasteiger partial charge in [0.25, 0.3) is 0 Å². The first-order valence-electron chi connectivity index (χ1n) is 3.43. The van der Waals surface area contributed by atoms with Gasteiger partial charge in [0, 0.05) is 6.54 Å². The molecule has 0 amide bonds. The molecule has 0 saturated carbocycles. The van der Waals surface area contributed by atoms with E-state index in [4.69, 9.17) is 5.73 Å². The third kappa shape index (κ3) is 3.23. The van der Waals surface area contributed by atoms with Gasteiger partial charge in [0.05, 0.1) is 0 Å². The van der Waals surface area contributed by atoms with Gasteiger partial charge in [-0.3, -0.25) is 0 Å². The Hall–Kier alpha value is -0.0100. The van der Waals surface area contributed by atoms with Crippen molar-refractivity contribution in [3.8, 4) is 0 Å². The Morgan fingerprint density at radius 1 is 1.50 bits per heavy atom. The molecule has 0 aliphatic heterocycles. The van der Waals surface area contributed by atoms with Crippen LogP contribution in [0.3, 0.4) is 0 Å². The second kappa shape index (κ2) is 4.75. The molecule has 0 radical (unpaired) electrons. The highest BCUT2D eigenvalue weighted by molar-refractivity contribution is 5.85. The number of nitrogens with two attached hydrogens (primary N) is 1. The molecule has 0 bridgehead atoms. The predicted molar refractivity (Wildman–Crippen MR) is 49.5 cm³/mol. The van der Waals surface area contributed by atoms with Crippen molar-refractivity contribution in [3.05, 3.63) is 12.2 Å². The average Bonchev–Trinajstić information content (AvgIpc) is 1.86. The van der Waals surface area contributed by atoms with Gasteiger partial charge in [-0.25, -0.2) is 0 Å². The van der Waals surface area contributed by atoms with E-state index in [1.54, 1.807) is 0 Å². The molecule has 0 aliphatic rings. The van der Waals surface area contributed by atoms with Crippen LogP contribution in [0.2, 0.25) is 0 Å². The molecule has 0 aromatic rings. The van der Waals surface area contributed by atoms with Crippen LogP contribution in [0, 0.1) is 5.41 Å². The molecular weight excluding hydrogens is 146 g/mol. The maximum absolute atomic E-state index is 5.43. The van der Waals surface area contributed by atoms with Crippen molar-refractivity contribution in [1.82, 2.24) is 0 Å². The van der Waals surface area contributed by atoms with Gasteiger partial charge >= 0.3 is 0 Å². The Morgan fingerprint density at radius 2 is 1.90 bits per heavy atom. The molecule has 0 atom stereocenters. The van der Waals surface area contributed by atoms with Gasteiger partial charge in [0.2, 0.25) is 0 Å². The molecule has 0 aromatic carbocycles. The van der Waals surface area contributed by atoms with Gasteiger partial charge in [-0.05, 0) is 11.8 Å². The fraction of sp³-hybridized carbons (Fsp3) is 0.750. The maximum atomic E-state index is 5.43. The summed E-state index contributed by atoms with van der Waals surface area (Å²) in [7, 11) is 0. The standard InChI is InChI=1S/C8H17N.ClH/c1-5-8(3,4)7(2)6-9;/h2,5-6,9H2,1,3-4H3;1H. The Morgan fingerprint density at radius 3 is 2.00 bits per heavy atom. The van der Waals surface area contributed by atoms with Crippen LogP contribution in [0.25, 0.3) is 0 Å². The lowest BCUT2D eigenvalue weighted by Gasteiger charge is -2.24. The summed E-state index contributed by atoms with van der Waals surface area (Å²) >= 11 is 0. The van der Waals surface area contributed by atoms with Crippen molar-refractivity contribution in [2.75, 3.05) is 6.54 Å². The molecule has 2 heteroatoms. The summed E-state index contributed by atoms with van der Waals surface area (Å²) in [5.41, 5.74) is 6.81. The second-order valence-electron chi connectivity index (χ2n) is 3.05. The van der Waals surface area contributed by atoms with Crippen molar-refractivity contribution < 1.29 is 0 Å². The average molecular weight is 164 g/mol. The molecular formula is C8H18ClN. The van der Waals surface area contributed by atoms with E-state index < -0.39 is 0 Å². The third-order valence-electron chi connectivity index (χ3n) is 2.09. The van der Waals surface area contributed by atoms with Gasteiger partial charge in [-0.2, -0.15) is 0 Å². The van der Waals surface area contributed by atoms with E-state index in [1.807, 2.05) is 0 Å². The highest BCUT2D eigenvalue weighted by Crippen LogP contribution is 2.27. The van der Waals surface area contributed by atoms with Crippen LogP contribution >= 0.6 is 12.4 Å². The van der Waals surface area contributed by atoms with Gasteiger partial charge in [-0.1, -0.05) is 32.9 Å². The van der Waals surface area contributed by atoms with Crippen LogP contribution in [-0.2, 0) is 0 Å². The zero-order chi connectivity index (χ0) is 7.49. The summed E-state index contributed by atoms with van der Waals surface area (Å²) in [6.45, 7) is 11.0. The first kappa shape index (κ1) is 12.6. The van der Waals surface area contributed by atoms with Crippen molar-refractivity contribution in [3.63, 3.8) is 0 Å². The van der Waals surface area contributed by atoms with Crippen molar-refractivity contribution in [1.29, 1.82) is 0 Å². The first-order chi connectivity index (χ1) is 4.04. The van der Waals surface area contributed by atoms with Crippen LogP contribution < -0.4 is 5.73 Å². The minimum absolute atomic E-state index is 0. The van der Waals surface area contributed by atoms with Crippen molar-refractivity contribution in [2.45, 2.75) is 27.2 Å². The summed E-state index contributed by atoms with van der Waals surface area (Å²) in [6.07, 6.45) is 1.11. The molecule has 0 aromatic heterocycles. The lowest BCUT2D eigenvalue weighted by Crippen LogP contribution is -2.19. The smallest absolute Gasteiger partial charge is 0.0139 e. The Balaban J connectivity index is 0. The van der Waals surface area contributed by atoms with Crippen molar-refractivity contribution >= 4 is 12.4 Å². The zero-order valence-electron chi connectivity index (χ0n) is 7.11. The van der Waals surface area contributed by atoms with Gasteiger partial charge in [-0.15, -0.1) is 12.4 Å². The van der Waals surface area contributed by atoms with E-state index in [9.17, 15) is 0 Å². The van der Waals surface area contributed by atoms with Crippen LogP contribution in [0.4, 0.5) is 0 Å². The molecule has 10 heavy (non-hydrogen) atoms. The monoisotopic (exact) mass is 163 g/mol. The molecule has 0 fully saturated rings. The number of hydrogen-bond acceptors (Lipinski definition) is 1. The normalized spacial score (nSPS) is 10.4. The molecule has 0 unspecified atom stereocenters. The van der Waals surface area contributed by atoms with Gasteiger partial charge < -0.3 is 5.73 Å². The molecule has 0 heterocycles. The molecule has 62 valence electrons. The maximum Gasteiger partial charge on any atom is 0.0139 e. The summed E-state index contributed by atoms with van der Waals surface area (Å²) in [4.78, 5) is 0. The minimum atomic E-state index is 0. The molecule has 1 nitrogen and oxygen atoms in total. The first-order valence-corrected chi connectivity index (χ1v) is 3.43. The summed E-state index contributed by atoms with van der Waals surface area (Å²) in [5.74, 6) is 0. The fourth-order valence-corrected chi connectivity index (χ4v) is 0.526. The van der Waals surface area contributed by atoms with Crippen LogP contribution in [0.15, 0.2) is 12.2 Å². The minimum Gasteiger partial charge on any atom is -0.327 e. The highest BCUT2D eigenvalue weighted by atomic mass is 35.5. The predicted octanol–water partition coefficient (Wildman–Crippen LogP) is 2.36. The van der Waals surface area contributed by atoms with E-state index in [2.05, 4.69) is 27.4 Å². The number of halogens is 1. The highest BCUT2D eigenvalue weighted by Gasteiger charge is 2.16. The van der Waals surface area contributed by atoms with Gasteiger partial charge in [0.15, 0.2) is 0 Å². The lowest BCUT2D eigenvalue weighted by atomic mass is 9.83. The van der Waals surface area contributed by atoms with E-state index in [1.165, 1.54) is 0 Å². The third-order valence-corrected chi connectivity index (χ3v) is 2.09. The Labute approximate surface area is 70.1 Å². The SMILES string of the molecule is C=C(CN)C(C)(C)CC.Cl. The van der Waals surface area contributed by atoms with E-state index in [0.29, 0.717) is 6.54 Å². The summed E-state index contributed by atoms with van der Waals surface area (Å²) in [6, 6.07) is 0. The zero-order valence-corrected chi connectivity index (χ0v) is 7.92. The second-order valence-corrected chi connectivity index (χ2v) is 3.05. The Bertz CT molecular complexity index is 108. The van der Waals surface area contributed by atoms with Gasteiger partial charge in [0.1, 0.15) is 0 Å². The van der Waals surface area contributed by atoms with Crippen molar-refractivity contribution in [2.24, 2.45) is 11.1 Å². The number of hydrogen-bond donors (Lipinski definition) is 1. The topological polar surface area (TPSA) is 26.0 Å². The lowest BCUT2D eigenvalue weighted by molar-refractivity contribution is 0.425.